The van der Waals surface area contributed by atoms with Gasteiger partial charge in [0.2, 0.25) is 5.91 Å². The monoisotopic (exact) mass is 374 g/mol. The van der Waals surface area contributed by atoms with Gasteiger partial charge in [-0.1, -0.05) is 23.8 Å². The number of carbonyl (C=O) groups is 2. The molecule has 1 aromatic carbocycles. The summed E-state index contributed by atoms with van der Waals surface area (Å²) in [5.74, 6) is -0.653. The molecule has 0 fully saturated rings. The zero-order chi connectivity index (χ0) is 18.9. The number of benzene rings is 1. The number of nitrogens with one attached hydrogen (secondary N) is 1. The van der Waals surface area contributed by atoms with Gasteiger partial charge in [-0.25, -0.2) is 9.78 Å². The van der Waals surface area contributed by atoms with Gasteiger partial charge in [0.25, 0.3) is 0 Å². The summed E-state index contributed by atoms with van der Waals surface area (Å²) in [6, 6.07) is 6.82. The van der Waals surface area contributed by atoms with Gasteiger partial charge in [0.15, 0.2) is 0 Å². The molecule has 2 aromatic rings. The normalized spacial score (nSPS) is 11.6. The highest BCUT2D eigenvalue weighted by Crippen LogP contribution is 2.16. The fourth-order valence-corrected chi connectivity index (χ4v) is 2.93. The first kappa shape index (κ1) is 19.7. The largest absolute Gasteiger partial charge is 0.486 e. The summed E-state index contributed by atoms with van der Waals surface area (Å²) >= 11 is 1.41. The predicted molar refractivity (Wildman–Crippen MR) is 100 cm³/mol. The maximum absolute atomic E-state index is 12.0. The average molecular weight is 374 g/mol. The highest BCUT2D eigenvalue weighted by atomic mass is 32.1. The van der Waals surface area contributed by atoms with Crippen molar-refractivity contribution < 1.29 is 19.4 Å². The highest BCUT2D eigenvalue weighted by molar-refractivity contribution is 7.09. The fourth-order valence-electron chi connectivity index (χ4n) is 2.23. The predicted octanol–water partition coefficient (Wildman–Crippen LogP) is 3.11. The van der Waals surface area contributed by atoms with Crippen molar-refractivity contribution in [1.82, 2.24) is 10.3 Å². The van der Waals surface area contributed by atoms with Crippen molar-refractivity contribution in [3.8, 4) is 5.75 Å². The third kappa shape index (κ3) is 6.33. The van der Waals surface area contributed by atoms with Crippen molar-refractivity contribution in [3.63, 3.8) is 0 Å². The number of aromatic nitrogens is 1. The number of hydrogen-bond acceptors (Lipinski definition) is 5. The second kappa shape index (κ2) is 9.72. The van der Waals surface area contributed by atoms with Crippen molar-refractivity contribution in [2.24, 2.45) is 0 Å². The molecular formula is C19H22N2O4S. The topological polar surface area (TPSA) is 88.5 Å². The standard InChI is InChI=1S/C19H22N2O4S/c1-3-4-5-16(19(23)24)21-17(22)10-14-12-26-18(20-14)11-25-15-8-6-13(2)7-9-15/h3,6-9,12,16H,1,4-5,10-11H2,2H3,(H,21,22)(H,23,24). The lowest BCUT2D eigenvalue weighted by molar-refractivity contribution is -0.141. The molecule has 0 aliphatic rings. The van der Waals surface area contributed by atoms with Crippen LogP contribution in [-0.4, -0.2) is 28.0 Å². The number of carboxylic acid groups (broad SMARTS) is 1. The first-order valence-corrected chi connectivity index (χ1v) is 9.11. The minimum atomic E-state index is -1.05. The minimum absolute atomic E-state index is 0.0406. The number of aliphatic carboxylic acids is 1. The first-order valence-electron chi connectivity index (χ1n) is 8.23. The quantitative estimate of drug-likeness (QED) is 0.624. The van der Waals surface area contributed by atoms with Crippen LogP contribution in [0.15, 0.2) is 42.3 Å². The number of ether oxygens (including phenoxy) is 1. The molecule has 0 spiro atoms. The van der Waals surface area contributed by atoms with E-state index in [-0.39, 0.29) is 12.3 Å². The van der Waals surface area contributed by atoms with Crippen LogP contribution in [0.5, 0.6) is 5.75 Å². The van der Waals surface area contributed by atoms with Crippen molar-refractivity contribution in [3.05, 3.63) is 58.6 Å². The molecule has 1 atom stereocenters. The first-order chi connectivity index (χ1) is 12.5. The van der Waals surface area contributed by atoms with Gasteiger partial charge in [-0.2, -0.15) is 0 Å². The van der Waals surface area contributed by atoms with E-state index in [4.69, 9.17) is 9.84 Å². The third-order valence-electron chi connectivity index (χ3n) is 3.62. The summed E-state index contributed by atoms with van der Waals surface area (Å²) in [6.45, 7) is 5.89. The zero-order valence-electron chi connectivity index (χ0n) is 14.6. The number of nitrogens with zero attached hydrogens (tertiary/aromatic N) is 1. The zero-order valence-corrected chi connectivity index (χ0v) is 15.4. The van der Waals surface area contributed by atoms with Crippen LogP contribution < -0.4 is 10.1 Å². The molecule has 6 nitrogen and oxygen atoms in total. The highest BCUT2D eigenvalue weighted by Gasteiger charge is 2.19. The summed E-state index contributed by atoms with van der Waals surface area (Å²) in [5.41, 5.74) is 1.76. The van der Waals surface area contributed by atoms with Gasteiger partial charge in [0.1, 0.15) is 23.4 Å². The number of thiazole rings is 1. The Morgan fingerprint density at radius 1 is 1.38 bits per heavy atom. The molecule has 1 heterocycles. The second-order valence-electron chi connectivity index (χ2n) is 5.84. The molecule has 0 aliphatic heterocycles. The molecule has 1 unspecified atom stereocenters. The Hall–Kier alpha value is -2.67. The molecule has 0 aliphatic carbocycles. The number of hydrogen-bond donors (Lipinski definition) is 2. The van der Waals surface area contributed by atoms with Crippen LogP contribution in [0.3, 0.4) is 0 Å². The number of allylic oxidation sites excluding steroid dienone is 1. The molecule has 0 bridgehead atoms. The van der Waals surface area contributed by atoms with Crippen LogP contribution in [0, 0.1) is 6.92 Å². The number of carbonyl (C=O) groups excluding carboxylic acids is 1. The number of aryl methyl sites for hydroxylation is 1. The van der Waals surface area contributed by atoms with Gasteiger partial charge >= 0.3 is 5.97 Å². The summed E-state index contributed by atoms with van der Waals surface area (Å²) in [5, 5.41) is 14.2. The number of rotatable bonds is 10. The Morgan fingerprint density at radius 2 is 2.12 bits per heavy atom. The lowest BCUT2D eigenvalue weighted by Crippen LogP contribution is -2.41. The van der Waals surface area contributed by atoms with E-state index in [2.05, 4.69) is 16.9 Å². The summed E-state index contributed by atoms with van der Waals surface area (Å²) < 4.78 is 5.67. The van der Waals surface area contributed by atoms with E-state index in [1.807, 2.05) is 31.2 Å². The smallest absolute Gasteiger partial charge is 0.326 e. The van der Waals surface area contributed by atoms with E-state index < -0.39 is 12.0 Å². The van der Waals surface area contributed by atoms with Crippen molar-refractivity contribution in [2.75, 3.05) is 0 Å². The summed E-state index contributed by atoms with van der Waals surface area (Å²) in [7, 11) is 0. The third-order valence-corrected chi connectivity index (χ3v) is 4.49. The van der Waals surface area contributed by atoms with E-state index in [9.17, 15) is 9.59 Å². The Bertz CT molecular complexity index is 755. The van der Waals surface area contributed by atoms with Crippen molar-refractivity contribution in [1.29, 1.82) is 0 Å². The Balaban J connectivity index is 1.84. The van der Waals surface area contributed by atoms with Gasteiger partial charge in [-0.05, 0) is 31.9 Å². The molecule has 2 rings (SSSR count). The maximum atomic E-state index is 12.0. The van der Waals surface area contributed by atoms with Gasteiger partial charge < -0.3 is 15.2 Å². The maximum Gasteiger partial charge on any atom is 0.326 e. The second-order valence-corrected chi connectivity index (χ2v) is 6.78. The molecule has 0 radical (unpaired) electrons. The molecule has 2 N–H and O–H groups in total. The van der Waals surface area contributed by atoms with E-state index >= 15 is 0 Å². The van der Waals surface area contributed by atoms with E-state index in [0.29, 0.717) is 25.1 Å². The summed E-state index contributed by atoms with van der Waals surface area (Å²) in [4.78, 5) is 27.6. The fraction of sp³-hybridized carbons (Fsp3) is 0.316. The number of amides is 1. The van der Waals surface area contributed by atoms with Gasteiger partial charge in [0, 0.05) is 5.38 Å². The Labute approximate surface area is 156 Å². The molecule has 1 aromatic heterocycles. The lowest BCUT2D eigenvalue weighted by atomic mass is 10.1. The SMILES string of the molecule is C=CCCC(NC(=O)Cc1csc(COc2ccc(C)cc2)n1)C(=O)O. The molecular weight excluding hydrogens is 352 g/mol. The number of carboxylic acids is 1. The lowest BCUT2D eigenvalue weighted by Gasteiger charge is -2.12. The molecule has 26 heavy (non-hydrogen) atoms. The van der Waals surface area contributed by atoms with E-state index in [1.165, 1.54) is 11.3 Å². The van der Waals surface area contributed by atoms with Gasteiger partial charge in [0.05, 0.1) is 12.1 Å². The molecule has 0 saturated heterocycles. The van der Waals surface area contributed by atoms with Crippen LogP contribution in [0.2, 0.25) is 0 Å². The summed E-state index contributed by atoms with van der Waals surface area (Å²) in [6.07, 6.45) is 2.51. The van der Waals surface area contributed by atoms with Crippen LogP contribution >= 0.6 is 11.3 Å². The average Bonchev–Trinajstić information content (AvgIpc) is 3.05. The van der Waals surface area contributed by atoms with E-state index in [1.54, 1.807) is 11.5 Å². The Morgan fingerprint density at radius 3 is 2.77 bits per heavy atom. The van der Waals surface area contributed by atoms with Crippen LogP contribution in [0.1, 0.15) is 29.1 Å². The molecule has 1 amide bonds. The van der Waals surface area contributed by atoms with Gasteiger partial charge in [-0.15, -0.1) is 17.9 Å². The van der Waals surface area contributed by atoms with Crippen LogP contribution in [0.25, 0.3) is 0 Å². The Kier molecular flexibility index (Phi) is 7.35. The van der Waals surface area contributed by atoms with Crippen molar-refractivity contribution in [2.45, 2.75) is 38.8 Å². The molecule has 138 valence electrons. The van der Waals surface area contributed by atoms with E-state index in [0.717, 1.165) is 16.3 Å². The molecule has 7 heteroatoms. The van der Waals surface area contributed by atoms with Crippen LogP contribution in [0.4, 0.5) is 0 Å². The van der Waals surface area contributed by atoms with Gasteiger partial charge in [-0.3, -0.25) is 4.79 Å². The molecule has 0 saturated carbocycles. The van der Waals surface area contributed by atoms with Crippen molar-refractivity contribution >= 4 is 23.2 Å². The van der Waals surface area contributed by atoms with Crippen LogP contribution in [-0.2, 0) is 22.6 Å². The minimum Gasteiger partial charge on any atom is -0.486 e.